The number of nitrogens with one attached hydrogen (secondary N) is 3. The fourth-order valence-corrected chi connectivity index (χ4v) is 0.849. The molecule has 3 N–H and O–H groups in total. The van der Waals surface area contributed by atoms with Crippen molar-refractivity contribution < 1.29 is 0 Å². The molecule has 6 nitrogen and oxygen atoms in total. The zero-order valence-corrected chi connectivity index (χ0v) is 8.57. The van der Waals surface area contributed by atoms with E-state index in [-0.39, 0.29) is 17.8 Å². The predicted molar refractivity (Wildman–Crippen MR) is 51.3 cm³/mol. The van der Waals surface area contributed by atoms with Gasteiger partial charge in [-0.2, -0.15) is 15.0 Å². The summed E-state index contributed by atoms with van der Waals surface area (Å²) >= 11 is 13.5. The molecule has 0 atom stereocenters. The smallest absolute Gasteiger partial charge is 0.244 e. The number of hydrogen-bond acceptors (Lipinski definition) is 6. The van der Waals surface area contributed by atoms with E-state index in [1.807, 2.05) is 0 Å². The molecule has 0 aliphatic heterocycles. The van der Waals surface area contributed by atoms with Crippen molar-refractivity contribution in [3.63, 3.8) is 0 Å². The van der Waals surface area contributed by atoms with Crippen LogP contribution in [-0.4, -0.2) is 15.0 Å². The summed E-state index contributed by atoms with van der Waals surface area (Å²) in [5, 5.41) is 0. The van der Waals surface area contributed by atoms with Crippen molar-refractivity contribution in [1.82, 2.24) is 15.0 Å². The first-order valence-corrected chi connectivity index (χ1v) is 4.21. The highest BCUT2D eigenvalue weighted by Crippen LogP contribution is 2.10. The maximum absolute atomic E-state index is 5.27. The van der Waals surface area contributed by atoms with Crippen LogP contribution in [0, 0.1) is 0 Å². The summed E-state index contributed by atoms with van der Waals surface area (Å²) in [6.07, 6.45) is 0. The minimum absolute atomic E-state index is 0.191. The van der Waals surface area contributed by atoms with Crippen molar-refractivity contribution in [2.24, 2.45) is 0 Å². The van der Waals surface area contributed by atoms with Crippen LogP contribution in [0.3, 0.4) is 0 Å². The van der Waals surface area contributed by atoms with Gasteiger partial charge < -0.3 is 0 Å². The highest BCUT2D eigenvalue weighted by molar-refractivity contribution is 9.10. The van der Waals surface area contributed by atoms with Gasteiger partial charge in [0.2, 0.25) is 17.8 Å². The Morgan fingerprint density at radius 2 is 1.33 bits per heavy atom. The second-order valence-corrected chi connectivity index (χ2v) is 2.36. The SMILES string of the molecule is ClNc1nc(NCl)nc(NBr)n1. The minimum atomic E-state index is 0.191. The number of hydrogen-bond donors (Lipinski definition) is 3. The van der Waals surface area contributed by atoms with Gasteiger partial charge in [-0.3, -0.25) is 14.0 Å². The molecule has 1 aromatic rings. The van der Waals surface area contributed by atoms with Gasteiger partial charge in [-0.15, -0.1) is 0 Å². The van der Waals surface area contributed by atoms with Crippen LogP contribution in [0.5, 0.6) is 0 Å². The van der Waals surface area contributed by atoms with Crippen molar-refractivity contribution in [3.05, 3.63) is 0 Å². The predicted octanol–water partition coefficient (Wildman–Crippen LogP) is 1.72. The molecular weight excluding hydrogens is 271 g/mol. The van der Waals surface area contributed by atoms with Gasteiger partial charge in [-0.25, -0.2) is 0 Å². The third kappa shape index (κ3) is 2.23. The molecule has 0 aromatic carbocycles. The molecule has 1 aromatic heterocycles. The lowest BCUT2D eigenvalue weighted by Gasteiger charge is -2.01. The monoisotopic (exact) mass is 272 g/mol. The highest BCUT2D eigenvalue weighted by atomic mass is 79.9. The Bertz CT molecular complexity index is 214. The van der Waals surface area contributed by atoms with Crippen LogP contribution < -0.4 is 14.0 Å². The van der Waals surface area contributed by atoms with Gasteiger partial charge in [0.15, 0.2) is 0 Å². The van der Waals surface area contributed by atoms with Crippen molar-refractivity contribution in [2.75, 3.05) is 14.0 Å². The van der Waals surface area contributed by atoms with Crippen LogP contribution in [0.1, 0.15) is 0 Å². The van der Waals surface area contributed by atoms with E-state index < -0.39 is 0 Å². The molecule has 0 bridgehead atoms. The van der Waals surface area contributed by atoms with Crippen LogP contribution in [0.2, 0.25) is 0 Å². The van der Waals surface area contributed by atoms with Gasteiger partial charge in [-0.05, 0) is 0 Å². The molecule has 0 unspecified atom stereocenters. The summed E-state index contributed by atoms with van der Waals surface area (Å²) in [6.45, 7) is 0. The van der Waals surface area contributed by atoms with E-state index in [0.29, 0.717) is 0 Å². The van der Waals surface area contributed by atoms with Gasteiger partial charge in [0.05, 0.1) is 0 Å². The molecule has 0 saturated heterocycles. The number of halogens is 3. The summed E-state index contributed by atoms with van der Waals surface area (Å²) in [5.74, 6) is 0.671. The Morgan fingerprint density at radius 1 is 0.917 bits per heavy atom. The Labute approximate surface area is 86.6 Å². The molecule has 0 saturated carbocycles. The summed E-state index contributed by atoms with van der Waals surface area (Å²) in [7, 11) is 0. The van der Waals surface area contributed by atoms with E-state index in [9.17, 15) is 0 Å². The Balaban J connectivity index is 3.01. The average Bonchev–Trinajstić information content (AvgIpc) is 2.16. The fourth-order valence-electron chi connectivity index (χ4n) is 0.503. The average molecular weight is 274 g/mol. The molecule has 1 heterocycles. The highest BCUT2D eigenvalue weighted by Gasteiger charge is 2.02. The standard InChI is InChI=1S/C3H3BrCl2N6/c4-10-1-7-2(11-5)9-3(8-1)12-6/h(H3,7,8,9,10,11,12). The zero-order valence-electron chi connectivity index (χ0n) is 5.48. The number of rotatable bonds is 3. The zero-order chi connectivity index (χ0) is 8.97. The second-order valence-electron chi connectivity index (χ2n) is 1.59. The summed E-state index contributed by atoms with van der Waals surface area (Å²) in [6, 6.07) is 0. The van der Waals surface area contributed by atoms with Gasteiger partial charge in [0.25, 0.3) is 0 Å². The Kier molecular flexibility index (Phi) is 3.57. The minimum Gasteiger partial charge on any atom is -0.291 e. The molecular formula is C3H3BrCl2N6. The van der Waals surface area contributed by atoms with Crippen LogP contribution >= 0.6 is 39.7 Å². The number of nitrogens with zero attached hydrogens (tertiary/aromatic N) is 3. The van der Waals surface area contributed by atoms with Crippen LogP contribution in [0.25, 0.3) is 0 Å². The molecule has 66 valence electrons. The van der Waals surface area contributed by atoms with Crippen molar-refractivity contribution >= 4 is 57.5 Å². The van der Waals surface area contributed by atoms with E-state index in [1.165, 1.54) is 0 Å². The lowest BCUT2D eigenvalue weighted by Crippen LogP contribution is -2.01. The molecule has 0 amide bonds. The third-order valence-corrected chi connectivity index (χ3v) is 1.58. The lowest BCUT2D eigenvalue weighted by molar-refractivity contribution is 1.09. The van der Waals surface area contributed by atoms with Crippen molar-refractivity contribution in [2.45, 2.75) is 0 Å². The molecule has 0 aliphatic rings. The second kappa shape index (κ2) is 4.48. The number of anilines is 3. The van der Waals surface area contributed by atoms with E-state index >= 15 is 0 Å². The normalized spacial score (nSPS) is 9.25. The third-order valence-electron chi connectivity index (χ3n) is 0.889. The lowest BCUT2D eigenvalue weighted by atomic mass is 10.8. The summed E-state index contributed by atoms with van der Waals surface area (Å²) < 4.78 is 2.53. The first-order valence-electron chi connectivity index (χ1n) is 2.66. The van der Waals surface area contributed by atoms with E-state index in [2.05, 4.69) is 45.1 Å². The first kappa shape index (κ1) is 9.56. The van der Waals surface area contributed by atoms with Crippen molar-refractivity contribution in [3.8, 4) is 0 Å². The van der Waals surface area contributed by atoms with Gasteiger partial charge in [0.1, 0.15) is 0 Å². The first-order chi connectivity index (χ1) is 5.80. The summed E-state index contributed by atoms with van der Waals surface area (Å²) in [5.41, 5.74) is 0. The maximum Gasteiger partial charge on any atom is 0.244 e. The molecule has 9 heteroatoms. The topological polar surface area (TPSA) is 74.8 Å². The molecule has 0 spiro atoms. The molecule has 12 heavy (non-hydrogen) atoms. The number of aromatic nitrogens is 3. The van der Waals surface area contributed by atoms with E-state index in [1.54, 1.807) is 0 Å². The molecule has 0 radical (unpaired) electrons. The molecule has 0 fully saturated rings. The van der Waals surface area contributed by atoms with Crippen LogP contribution in [0.4, 0.5) is 17.8 Å². The Morgan fingerprint density at radius 3 is 1.67 bits per heavy atom. The molecule has 1 rings (SSSR count). The largest absolute Gasteiger partial charge is 0.291 e. The summed E-state index contributed by atoms with van der Waals surface area (Å²) in [4.78, 5) is 15.8. The maximum atomic E-state index is 5.27. The molecule has 0 aliphatic carbocycles. The van der Waals surface area contributed by atoms with E-state index in [0.717, 1.165) is 0 Å². The van der Waals surface area contributed by atoms with Gasteiger partial charge in [0, 0.05) is 39.7 Å². The van der Waals surface area contributed by atoms with Crippen LogP contribution in [0.15, 0.2) is 0 Å². The van der Waals surface area contributed by atoms with Crippen LogP contribution in [-0.2, 0) is 0 Å². The van der Waals surface area contributed by atoms with E-state index in [4.69, 9.17) is 23.6 Å². The fraction of sp³-hybridized carbons (Fsp3) is 0. The van der Waals surface area contributed by atoms with Gasteiger partial charge in [-0.1, -0.05) is 0 Å². The van der Waals surface area contributed by atoms with Gasteiger partial charge >= 0.3 is 0 Å². The Hall–Kier alpha value is -0.530. The van der Waals surface area contributed by atoms with Crippen molar-refractivity contribution in [1.29, 1.82) is 0 Å². The quantitative estimate of drug-likeness (QED) is 0.729.